The molecule has 0 saturated carbocycles. The van der Waals surface area contributed by atoms with Crippen molar-refractivity contribution < 1.29 is 14.3 Å². The number of hydrogen-bond donors (Lipinski definition) is 3. The Hall–Kier alpha value is -2.12. The minimum absolute atomic E-state index is 0.0646. The molecule has 150 valence electrons. The Kier molecular flexibility index (Phi) is 9.65. The van der Waals surface area contributed by atoms with Gasteiger partial charge in [-0.15, -0.1) is 0 Å². The van der Waals surface area contributed by atoms with Crippen LogP contribution in [0.25, 0.3) is 0 Å². The molecule has 1 saturated heterocycles. The Labute approximate surface area is 161 Å². The first-order valence-electron chi connectivity index (χ1n) is 9.68. The zero-order valence-corrected chi connectivity index (χ0v) is 16.4. The molecule has 1 aliphatic rings. The van der Waals surface area contributed by atoms with Crippen LogP contribution < -0.4 is 16.0 Å². The summed E-state index contributed by atoms with van der Waals surface area (Å²) in [5.41, 5.74) is 1.80. The summed E-state index contributed by atoms with van der Waals surface area (Å²) in [7, 11) is 3.40. The van der Waals surface area contributed by atoms with Gasteiger partial charge in [-0.05, 0) is 43.4 Å². The molecule has 0 aliphatic carbocycles. The van der Waals surface area contributed by atoms with Crippen LogP contribution >= 0.6 is 0 Å². The first kappa shape index (κ1) is 21.2. The second-order valence-corrected chi connectivity index (χ2v) is 6.49. The molecular weight excluding hydrogens is 344 g/mol. The van der Waals surface area contributed by atoms with Crippen molar-refractivity contribution in [2.75, 3.05) is 47.0 Å². The van der Waals surface area contributed by atoms with E-state index in [0.29, 0.717) is 11.7 Å². The molecule has 0 spiro atoms. The summed E-state index contributed by atoms with van der Waals surface area (Å²) in [4.78, 5) is 15.9. The van der Waals surface area contributed by atoms with Gasteiger partial charge < -0.3 is 25.4 Å². The van der Waals surface area contributed by atoms with Crippen LogP contribution in [0.5, 0.6) is 0 Å². The molecule has 27 heavy (non-hydrogen) atoms. The van der Waals surface area contributed by atoms with Gasteiger partial charge in [0.05, 0.1) is 6.10 Å². The Bertz CT molecular complexity index is 601. The monoisotopic (exact) mass is 376 g/mol. The highest BCUT2D eigenvalue weighted by Crippen LogP contribution is 2.10. The van der Waals surface area contributed by atoms with Gasteiger partial charge >= 0.3 is 0 Å². The molecule has 1 fully saturated rings. The standard InChI is InChI=1S/C20H32N4O3/c1-21-19(25)17-6-3-5-16(15-17)7-11-24-20(22-2)23-10-4-12-27-18-8-13-26-14-9-18/h3,5-6,15,18H,4,7-14H2,1-2H3,(H,21,25)(H2,22,23,24). The van der Waals surface area contributed by atoms with E-state index in [0.717, 1.165) is 70.1 Å². The predicted molar refractivity (Wildman–Crippen MR) is 107 cm³/mol. The van der Waals surface area contributed by atoms with Crippen LogP contribution in [0.2, 0.25) is 0 Å². The van der Waals surface area contributed by atoms with Gasteiger partial charge in [0.15, 0.2) is 5.96 Å². The van der Waals surface area contributed by atoms with Gasteiger partial charge in [-0.3, -0.25) is 9.79 Å². The highest BCUT2D eigenvalue weighted by atomic mass is 16.5. The molecule has 7 nitrogen and oxygen atoms in total. The molecular formula is C20H32N4O3. The molecule has 1 amide bonds. The number of hydrogen-bond acceptors (Lipinski definition) is 4. The Morgan fingerprint density at radius 2 is 2.04 bits per heavy atom. The summed E-state index contributed by atoms with van der Waals surface area (Å²) < 4.78 is 11.2. The number of aliphatic imine (C=N–C) groups is 1. The number of guanidine groups is 1. The van der Waals surface area contributed by atoms with Gasteiger partial charge in [-0.1, -0.05) is 12.1 Å². The van der Waals surface area contributed by atoms with E-state index in [1.165, 1.54) is 0 Å². The molecule has 1 heterocycles. The Morgan fingerprint density at radius 1 is 1.26 bits per heavy atom. The number of nitrogens with zero attached hydrogens (tertiary/aromatic N) is 1. The number of ether oxygens (including phenoxy) is 2. The lowest BCUT2D eigenvalue weighted by atomic mass is 10.1. The van der Waals surface area contributed by atoms with Gasteiger partial charge in [-0.2, -0.15) is 0 Å². The summed E-state index contributed by atoms with van der Waals surface area (Å²) in [5.74, 6) is 0.716. The van der Waals surface area contributed by atoms with Gasteiger partial charge in [0.1, 0.15) is 0 Å². The summed E-state index contributed by atoms with van der Waals surface area (Å²) in [6, 6.07) is 7.67. The predicted octanol–water partition coefficient (Wildman–Crippen LogP) is 1.34. The third-order valence-corrected chi connectivity index (χ3v) is 4.48. The topological polar surface area (TPSA) is 84.0 Å². The zero-order valence-electron chi connectivity index (χ0n) is 16.4. The fourth-order valence-electron chi connectivity index (χ4n) is 2.93. The first-order chi connectivity index (χ1) is 13.2. The Morgan fingerprint density at radius 3 is 2.78 bits per heavy atom. The summed E-state index contributed by atoms with van der Waals surface area (Å²) >= 11 is 0. The third-order valence-electron chi connectivity index (χ3n) is 4.48. The number of benzene rings is 1. The number of amides is 1. The molecule has 7 heteroatoms. The zero-order chi connectivity index (χ0) is 19.3. The molecule has 0 aromatic heterocycles. The second kappa shape index (κ2) is 12.3. The van der Waals surface area contributed by atoms with E-state index in [1.807, 2.05) is 24.3 Å². The highest BCUT2D eigenvalue weighted by molar-refractivity contribution is 5.94. The highest BCUT2D eigenvalue weighted by Gasteiger charge is 2.13. The van der Waals surface area contributed by atoms with E-state index >= 15 is 0 Å². The first-order valence-corrected chi connectivity index (χ1v) is 9.68. The van der Waals surface area contributed by atoms with Crippen molar-refractivity contribution in [1.29, 1.82) is 0 Å². The van der Waals surface area contributed by atoms with Crippen LogP contribution in [0, 0.1) is 0 Å². The molecule has 2 rings (SSSR count). The van der Waals surface area contributed by atoms with Crippen molar-refractivity contribution in [1.82, 2.24) is 16.0 Å². The van der Waals surface area contributed by atoms with Crippen LogP contribution in [0.1, 0.15) is 35.2 Å². The minimum atomic E-state index is -0.0646. The summed E-state index contributed by atoms with van der Waals surface area (Å²) in [6.45, 7) is 3.93. The lowest BCUT2D eigenvalue weighted by molar-refractivity contribution is -0.0320. The largest absolute Gasteiger partial charge is 0.381 e. The van der Waals surface area contributed by atoms with Crippen molar-refractivity contribution in [2.24, 2.45) is 4.99 Å². The second-order valence-electron chi connectivity index (χ2n) is 6.49. The SMILES string of the molecule is CN=C(NCCCOC1CCOCC1)NCCc1cccc(C(=O)NC)c1. The minimum Gasteiger partial charge on any atom is -0.381 e. The quantitative estimate of drug-likeness (QED) is 0.344. The molecule has 0 radical (unpaired) electrons. The molecule has 3 N–H and O–H groups in total. The fourth-order valence-corrected chi connectivity index (χ4v) is 2.93. The van der Waals surface area contributed by atoms with E-state index in [4.69, 9.17) is 9.47 Å². The average Bonchev–Trinajstić information content (AvgIpc) is 2.72. The van der Waals surface area contributed by atoms with Crippen LogP contribution in [-0.4, -0.2) is 65.0 Å². The number of rotatable bonds is 9. The maximum absolute atomic E-state index is 11.7. The van der Waals surface area contributed by atoms with Crippen LogP contribution in [0.3, 0.4) is 0 Å². The fraction of sp³-hybridized carbons (Fsp3) is 0.600. The summed E-state index contributed by atoms with van der Waals surface area (Å²) in [6.07, 6.45) is 4.10. The normalized spacial score (nSPS) is 15.4. The van der Waals surface area contributed by atoms with E-state index in [2.05, 4.69) is 20.9 Å². The molecule has 1 aliphatic heterocycles. The van der Waals surface area contributed by atoms with Crippen LogP contribution in [0.15, 0.2) is 29.3 Å². The maximum Gasteiger partial charge on any atom is 0.251 e. The van der Waals surface area contributed by atoms with E-state index in [1.54, 1.807) is 14.1 Å². The van der Waals surface area contributed by atoms with Crippen molar-refractivity contribution in [3.8, 4) is 0 Å². The van der Waals surface area contributed by atoms with E-state index in [-0.39, 0.29) is 5.91 Å². The maximum atomic E-state index is 11.7. The van der Waals surface area contributed by atoms with Gasteiger partial charge in [0.2, 0.25) is 0 Å². The molecule has 0 unspecified atom stereocenters. The summed E-state index contributed by atoms with van der Waals surface area (Å²) in [5, 5.41) is 9.25. The van der Waals surface area contributed by atoms with E-state index in [9.17, 15) is 4.79 Å². The molecule has 0 bridgehead atoms. The molecule has 1 aromatic carbocycles. The van der Waals surface area contributed by atoms with Crippen molar-refractivity contribution in [3.05, 3.63) is 35.4 Å². The Balaban J connectivity index is 1.60. The lowest BCUT2D eigenvalue weighted by Gasteiger charge is -2.22. The smallest absolute Gasteiger partial charge is 0.251 e. The molecule has 1 aromatic rings. The number of carbonyl (C=O) groups is 1. The molecule has 0 atom stereocenters. The lowest BCUT2D eigenvalue weighted by Crippen LogP contribution is -2.39. The average molecular weight is 377 g/mol. The van der Waals surface area contributed by atoms with Gasteiger partial charge in [0, 0.05) is 52.6 Å². The number of nitrogens with one attached hydrogen (secondary N) is 3. The third kappa shape index (κ3) is 7.97. The number of carbonyl (C=O) groups excluding carboxylic acids is 1. The van der Waals surface area contributed by atoms with Gasteiger partial charge in [0.25, 0.3) is 5.91 Å². The van der Waals surface area contributed by atoms with Gasteiger partial charge in [-0.25, -0.2) is 0 Å². The van der Waals surface area contributed by atoms with E-state index < -0.39 is 0 Å². The van der Waals surface area contributed by atoms with Crippen LogP contribution in [-0.2, 0) is 15.9 Å². The van der Waals surface area contributed by atoms with Crippen molar-refractivity contribution >= 4 is 11.9 Å². The van der Waals surface area contributed by atoms with Crippen molar-refractivity contribution in [2.45, 2.75) is 31.8 Å². The van der Waals surface area contributed by atoms with Crippen molar-refractivity contribution in [3.63, 3.8) is 0 Å². The van der Waals surface area contributed by atoms with Crippen LogP contribution in [0.4, 0.5) is 0 Å².